The van der Waals surface area contributed by atoms with Gasteiger partial charge in [0.25, 0.3) is 0 Å². The summed E-state index contributed by atoms with van der Waals surface area (Å²) in [5.41, 5.74) is 2.82. The molecule has 0 aromatic rings. The monoisotopic (exact) mass is 270 g/mol. The summed E-state index contributed by atoms with van der Waals surface area (Å²) in [7, 11) is 0. The highest BCUT2D eigenvalue weighted by molar-refractivity contribution is 5.19. The number of allylic oxidation sites excluding steroid dienone is 8. The molecule has 0 N–H and O–H groups in total. The molecule has 0 aliphatic carbocycles. The normalized spacial score (nSPS) is 15.3. The van der Waals surface area contributed by atoms with Crippen LogP contribution in [0.4, 0.5) is 0 Å². The molecule has 0 spiro atoms. The van der Waals surface area contributed by atoms with Crippen LogP contribution < -0.4 is 0 Å². The van der Waals surface area contributed by atoms with E-state index in [-0.39, 0.29) is 0 Å². The maximum absolute atomic E-state index is 3.90. The van der Waals surface area contributed by atoms with Crippen LogP contribution in [0.3, 0.4) is 0 Å². The topological polar surface area (TPSA) is 0 Å². The smallest absolute Gasteiger partial charge is 0.0128 e. The quantitative estimate of drug-likeness (QED) is 0.300. The summed E-state index contributed by atoms with van der Waals surface area (Å²) < 4.78 is 0. The largest absolute Gasteiger partial charge is 0.103 e. The summed E-state index contributed by atoms with van der Waals surface area (Å²) in [5.74, 6) is 1.13. The Labute approximate surface area is 126 Å². The second-order valence-electron chi connectivity index (χ2n) is 5.49. The summed E-state index contributed by atoms with van der Waals surface area (Å²) in [4.78, 5) is 0. The lowest BCUT2D eigenvalue weighted by atomic mass is 9.83. The summed E-state index contributed by atoms with van der Waals surface area (Å²) >= 11 is 0. The van der Waals surface area contributed by atoms with Gasteiger partial charge in [-0.25, -0.2) is 0 Å². The molecule has 0 amide bonds. The highest BCUT2D eigenvalue weighted by atomic mass is 14.2. The maximum Gasteiger partial charge on any atom is -0.0128 e. The van der Waals surface area contributed by atoms with E-state index in [9.17, 15) is 0 Å². The van der Waals surface area contributed by atoms with Crippen molar-refractivity contribution in [2.45, 2.75) is 39.5 Å². The SMILES string of the molecule is C=C/C=C(/CC(C)CC=C)C(CC=C)C/C(C)=C/C=C. The van der Waals surface area contributed by atoms with Crippen LogP contribution in [0, 0.1) is 11.8 Å². The van der Waals surface area contributed by atoms with E-state index in [1.165, 1.54) is 11.1 Å². The second-order valence-corrected chi connectivity index (χ2v) is 5.49. The molecular formula is C20H30. The molecule has 0 rings (SSSR count). The molecule has 0 heterocycles. The van der Waals surface area contributed by atoms with Gasteiger partial charge < -0.3 is 0 Å². The average molecular weight is 270 g/mol. The Balaban J connectivity index is 5.03. The number of hydrogen-bond donors (Lipinski definition) is 0. The van der Waals surface area contributed by atoms with E-state index >= 15 is 0 Å². The van der Waals surface area contributed by atoms with Crippen molar-refractivity contribution in [3.05, 3.63) is 73.9 Å². The highest BCUT2D eigenvalue weighted by Gasteiger charge is 2.15. The minimum atomic E-state index is 0.508. The first-order chi connectivity index (χ1) is 9.58. The fraction of sp³-hybridized carbons (Fsp3) is 0.400. The minimum Gasteiger partial charge on any atom is -0.103 e. The molecule has 0 bridgehead atoms. The van der Waals surface area contributed by atoms with Crippen molar-refractivity contribution in [1.29, 1.82) is 0 Å². The van der Waals surface area contributed by atoms with Crippen molar-refractivity contribution in [1.82, 2.24) is 0 Å². The molecule has 2 unspecified atom stereocenters. The van der Waals surface area contributed by atoms with E-state index in [0.717, 1.165) is 25.7 Å². The van der Waals surface area contributed by atoms with E-state index in [1.807, 2.05) is 24.3 Å². The zero-order valence-corrected chi connectivity index (χ0v) is 13.3. The van der Waals surface area contributed by atoms with E-state index in [1.54, 1.807) is 0 Å². The molecular weight excluding hydrogens is 240 g/mol. The molecule has 0 saturated carbocycles. The molecule has 0 radical (unpaired) electrons. The van der Waals surface area contributed by atoms with Gasteiger partial charge in [-0.2, -0.15) is 0 Å². The highest BCUT2D eigenvalue weighted by Crippen LogP contribution is 2.29. The van der Waals surface area contributed by atoms with Crippen LogP contribution in [0.2, 0.25) is 0 Å². The summed E-state index contributed by atoms with van der Waals surface area (Å²) in [6, 6.07) is 0. The molecule has 0 aliphatic heterocycles. The van der Waals surface area contributed by atoms with Crippen LogP contribution in [0.25, 0.3) is 0 Å². The van der Waals surface area contributed by atoms with E-state index in [4.69, 9.17) is 0 Å². The molecule has 0 heteroatoms. The first-order valence-electron chi connectivity index (χ1n) is 7.40. The number of rotatable bonds is 11. The lowest BCUT2D eigenvalue weighted by Gasteiger charge is -2.22. The molecule has 20 heavy (non-hydrogen) atoms. The Morgan fingerprint density at radius 1 is 0.900 bits per heavy atom. The molecule has 2 atom stereocenters. The molecule has 0 aromatic heterocycles. The Kier molecular flexibility index (Phi) is 10.4. The molecule has 0 aromatic carbocycles. The fourth-order valence-corrected chi connectivity index (χ4v) is 2.52. The van der Waals surface area contributed by atoms with Crippen molar-refractivity contribution in [3.63, 3.8) is 0 Å². The molecule has 110 valence electrons. The Morgan fingerprint density at radius 2 is 1.50 bits per heavy atom. The standard InChI is InChI=1S/C20H30/c1-7-11-17(5)15-19(13-9-3)20(14-10-4)16-18(6)12-8-2/h7-11,14,18-19H,1-4,12-13,15-16H2,5-6H3/b17-11+,20-14-. The van der Waals surface area contributed by atoms with Gasteiger partial charge in [-0.3, -0.25) is 0 Å². The maximum atomic E-state index is 3.90. The Morgan fingerprint density at radius 3 is 2.00 bits per heavy atom. The zero-order chi connectivity index (χ0) is 15.4. The van der Waals surface area contributed by atoms with Gasteiger partial charge in [-0.05, 0) is 44.4 Å². The van der Waals surface area contributed by atoms with Crippen molar-refractivity contribution >= 4 is 0 Å². The van der Waals surface area contributed by atoms with Gasteiger partial charge in [0.05, 0.1) is 0 Å². The first kappa shape index (κ1) is 18.4. The van der Waals surface area contributed by atoms with Crippen LogP contribution in [0.5, 0.6) is 0 Å². The van der Waals surface area contributed by atoms with Gasteiger partial charge in [0.1, 0.15) is 0 Å². The predicted molar refractivity (Wildman–Crippen MR) is 93.8 cm³/mol. The second kappa shape index (κ2) is 11.3. The van der Waals surface area contributed by atoms with Gasteiger partial charge in [-0.15, -0.1) is 13.2 Å². The van der Waals surface area contributed by atoms with Crippen LogP contribution in [-0.2, 0) is 0 Å². The van der Waals surface area contributed by atoms with Crippen molar-refractivity contribution < 1.29 is 0 Å². The predicted octanol–water partition coefficient (Wildman–Crippen LogP) is 6.42. The van der Waals surface area contributed by atoms with Crippen LogP contribution in [-0.4, -0.2) is 0 Å². The third kappa shape index (κ3) is 7.78. The minimum absolute atomic E-state index is 0.508. The summed E-state index contributed by atoms with van der Waals surface area (Å²) in [6.45, 7) is 19.8. The molecule has 0 nitrogen and oxygen atoms in total. The zero-order valence-electron chi connectivity index (χ0n) is 13.3. The molecule has 0 saturated heterocycles. The number of hydrogen-bond acceptors (Lipinski definition) is 0. The van der Waals surface area contributed by atoms with Gasteiger partial charge in [0.2, 0.25) is 0 Å². The lowest BCUT2D eigenvalue weighted by molar-refractivity contribution is 0.512. The summed E-state index contributed by atoms with van der Waals surface area (Å²) in [6.07, 6.45) is 16.2. The van der Waals surface area contributed by atoms with E-state index in [0.29, 0.717) is 11.8 Å². The van der Waals surface area contributed by atoms with Crippen molar-refractivity contribution in [3.8, 4) is 0 Å². The molecule has 0 fully saturated rings. The van der Waals surface area contributed by atoms with Gasteiger partial charge in [-0.1, -0.05) is 67.7 Å². The van der Waals surface area contributed by atoms with Gasteiger partial charge >= 0.3 is 0 Å². The average Bonchev–Trinajstić information content (AvgIpc) is 2.38. The van der Waals surface area contributed by atoms with Gasteiger partial charge in [0, 0.05) is 0 Å². The van der Waals surface area contributed by atoms with Crippen LogP contribution in [0.1, 0.15) is 39.5 Å². The third-order valence-corrected chi connectivity index (χ3v) is 3.43. The third-order valence-electron chi connectivity index (χ3n) is 3.43. The summed E-state index contributed by atoms with van der Waals surface area (Å²) in [5, 5.41) is 0. The fourth-order valence-electron chi connectivity index (χ4n) is 2.52. The Hall–Kier alpha value is -1.56. The first-order valence-corrected chi connectivity index (χ1v) is 7.40. The van der Waals surface area contributed by atoms with E-state index < -0.39 is 0 Å². The molecule has 0 aliphatic rings. The van der Waals surface area contributed by atoms with Gasteiger partial charge in [0.15, 0.2) is 0 Å². The lowest BCUT2D eigenvalue weighted by Crippen LogP contribution is -2.08. The van der Waals surface area contributed by atoms with Crippen molar-refractivity contribution in [2.75, 3.05) is 0 Å². The van der Waals surface area contributed by atoms with Crippen LogP contribution in [0.15, 0.2) is 73.9 Å². The van der Waals surface area contributed by atoms with Crippen LogP contribution >= 0.6 is 0 Å². The Bertz CT molecular complexity index is 379. The van der Waals surface area contributed by atoms with E-state index in [2.05, 4.69) is 52.3 Å². The van der Waals surface area contributed by atoms with Crippen molar-refractivity contribution in [2.24, 2.45) is 11.8 Å².